The third kappa shape index (κ3) is 4.34. The molecule has 6 nitrogen and oxygen atoms in total. The lowest BCUT2D eigenvalue weighted by Gasteiger charge is -2.34. The minimum absolute atomic E-state index is 0.195. The summed E-state index contributed by atoms with van der Waals surface area (Å²) in [5.74, 6) is -0.830. The second-order valence-electron chi connectivity index (χ2n) is 7.59. The predicted molar refractivity (Wildman–Crippen MR) is 121 cm³/mol. The van der Waals surface area contributed by atoms with Crippen LogP contribution in [0, 0.1) is 6.92 Å². The van der Waals surface area contributed by atoms with E-state index >= 15 is 0 Å². The molecule has 30 heavy (non-hydrogen) atoms. The van der Waals surface area contributed by atoms with E-state index in [4.69, 9.17) is 4.98 Å². The Labute approximate surface area is 181 Å². The van der Waals surface area contributed by atoms with Gasteiger partial charge in [-0.2, -0.15) is 0 Å². The molecule has 0 atom stereocenters. The molecule has 1 amide bonds. The van der Waals surface area contributed by atoms with E-state index in [9.17, 15) is 13.2 Å². The van der Waals surface area contributed by atoms with Crippen molar-refractivity contribution < 1.29 is 13.2 Å². The summed E-state index contributed by atoms with van der Waals surface area (Å²) in [6, 6.07) is 13.0. The number of amides is 1. The van der Waals surface area contributed by atoms with Crippen molar-refractivity contribution in [2.75, 3.05) is 36.8 Å². The number of nitrogens with zero attached hydrogens (tertiary/aromatic N) is 3. The molecule has 0 unspecified atom stereocenters. The van der Waals surface area contributed by atoms with Gasteiger partial charge in [-0.15, -0.1) is 0 Å². The molecule has 1 saturated heterocycles. The first-order valence-electron chi connectivity index (χ1n) is 10.1. The van der Waals surface area contributed by atoms with Crippen LogP contribution in [0.25, 0.3) is 10.2 Å². The average Bonchev–Trinajstić information content (AvgIpc) is 3.17. The van der Waals surface area contributed by atoms with Gasteiger partial charge in [-0.05, 0) is 43.2 Å². The van der Waals surface area contributed by atoms with E-state index in [1.807, 2.05) is 6.92 Å². The van der Waals surface area contributed by atoms with E-state index in [2.05, 4.69) is 30.0 Å². The molecule has 2 heterocycles. The largest absolute Gasteiger partial charge is 0.345 e. The van der Waals surface area contributed by atoms with Crippen molar-refractivity contribution in [3.8, 4) is 0 Å². The summed E-state index contributed by atoms with van der Waals surface area (Å²) < 4.78 is 26.3. The molecular weight excluding hydrogens is 418 g/mol. The highest BCUT2D eigenvalue weighted by Crippen LogP contribution is 2.30. The maximum absolute atomic E-state index is 12.6. The molecule has 2 aromatic carbocycles. The first-order valence-corrected chi connectivity index (χ1v) is 12.5. The summed E-state index contributed by atoms with van der Waals surface area (Å²) in [6.07, 6.45) is 0.995. The number of hydrogen-bond acceptors (Lipinski definition) is 6. The smallest absolute Gasteiger partial charge is 0.238 e. The first-order chi connectivity index (χ1) is 14.4. The van der Waals surface area contributed by atoms with Crippen molar-refractivity contribution in [2.24, 2.45) is 0 Å². The van der Waals surface area contributed by atoms with Crippen LogP contribution in [0.4, 0.5) is 5.13 Å². The predicted octanol–water partition coefficient (Wildman–Crippen LogP) is 3.29. The summed E-state index contributed by atoms with van der Waals surface area (Å²) in [6.45, 7) is 6.33. The molecular formula is C22H25N3O3S2. The van der Waals surface area contributed by atoms with E-state index in [1.54, 1.807) is 40.5 Å². The van der Waals surface area contributed by atoms with Crippen molar-refractivity contribution >= 4 is 42.4 Å². The number of aromatic nitrogens is 1. The summed E-state index contributed by atoms with van der Waals surface area (Å²) in [5.41, 5.74) is 3.27. The molecule has 0 N–H and O–H groups in total. The number of benzene rings is 2. The van der Waals surface area contributed by atoms with E-state index in [-0.39, 0.29) is 10.8 Å². The minimum Gasteiger partial charge on any atom is -0.345 e. The van der Waals surface area contributed by atoms with Crippen LogP contribution in [0.1, 0.15) is 18.1 Å². The average molecular weight is 444 g/mol. The maximum atomic E-state index is 12.6. The van der Waals surface area contributed by atoms with Crippen LogP contribution < -0.4 is 4.90 Å². The Bertz CT molecular complexity index is 1160. The Hall–Kier alpha value is -2.45. The van der Waals surface area contributed by atoms with Crippen LogP contribution in [0.5, 0.6) is 0 Å². The van der Waals surface area contributed by atoms with Gasteiger partial charge in [0, 0.05) is 26.2 Å². The third-order valence-corrected chi connectivity index (χ3v) is 8.14. The van der Waals surface area contributed by atoms with Crippen LogP contribution >= 0.6 is 11.3 Å². The van der Waals surface area contributed by atoms with Crippen molar-refractivity contribution in [1.29, 1.82) is 0 Å². The second-order valence-corrected chi connectivity index (χ2v) is 10.6. The van der Waals surface area contributed by atoms with Gasteiger partial charge in [0.25, 0.3) is 0 Å². The topological polar surface area (TPSA) is 70.6 Å². The van der Waals surface area contributed by atoms with Crippen LogP contribution in [-0.2, 0) is 21.1 Å². The van der Waals surface area contributed by atoms with Gasteiger partial charge < -0.3 is 9.80 Å². The minimum atomic E-state index is -3.63. The van der Waals surface area contributed by atoms with E-state index in [1.165, 1.54) is 10.3 Å². The number of aryl methyl sites for hydroxylation is 2. The Balaban J connectivity index is 1.39. The summed E-state index contributed by atoms with van der Waals surface area (Å²) in [5, 5.41) is 0.956. The van der Waals surface area contributed by atoms with Gasteiger partial charge in [0.05, 0.1) is 15.1 Å². The summed E-state index contributed by atoms with van der Waals surface area (Å²) >= 11 is 1.67. The normalized spacial score (nSPS) is 15.0. The van der Waals surface area contributed by atoms with Gasteiger partial charge in [0.15, 0.2) is 15.0 Å². The Morgan fingerprint density at radius 2 is 1.77 bits per heavy atom. The number of carbonyl (C=O) groups is 1. The molecule has 0 spiro atoms. The lowest BCUT2D eigenvalue weighted by Crippen LogP contribution is -2.50. The molecule has 158 valence electrons. The molecule has 1 aromatic heterocycles. The van der Waals surface area contributed by atoms with Crippen molar-refractivity contribution in [3.63, 3.8) is 0 Å². The van der Waals surface area contributed by atoms with Gasteiger partial charge in [0.2, 0.25) is 5.91 Å². The fraction of sp³-hybridized carbons (Fsp3) is 0.364. The quantitative estimate of drug-likeness (QED) is 0.605. The highest BCUT2D eigenvalue weighted by molar-refractivity contribution is 7.92. The number of carbonyl (C=O) groups excluding carboxylic acids is 1. The van der Waals surface area contributed by atoms with Crippen molar-refractivity contribution in [3.05, 3.63) is 53.6 Å². The van der Waals surface area contributed by atoms with Crippen molar-refractivity contribution in [2.45, 2.75) is 25.2 Å². The lowest BCUT2D eigenvalue weighted by atomic mass is 10.2. The number of sulfone groups is 1. The highest BCUT2D eigenvalue weighted by Gasteiger charge is 2.27. The van der Waals surface area contributed by atoms with Crippen LogP contribution in [0.3, 0.4) is 0 Å². The molecule has 1 aliphatic heterocycles. The molecule has 3 aromatic rings. The fourth-order valence-electron chi connectivity index (χ4n) is 3.54. The standard InChI is InChI=1S/C22H25N3O3S2/c1-3-17-6-9-19-20(14-17)29-22(23-19)25-12-10-24(11-13-25)21(26)15-30(27,28)18-7-4-16(2)5-8-18/h4-9,14H,3,10-13,15H2,1-2H3. The zero-order valence-electron chi connectivity index (χ0n) is 17.2. The van der Waals surface area contributed by atoms with Crippen LogP contribution in [0.2, 0.25) is 0 Å². The highest BCUT2D eigenvalue weighted by atomic mass is 32.2. The molecule has 1 fully saturated rings. The van der Waals surface area contributed by atoms with E-state index in [0.717, 1.165) is 22.6 Å². The molecule has 0 radical (unpaired) electrons. The fourth-order valence-corrected chi connectivity index (χ4v) is 5.85. The monoisotopic (exact) mass is 443 g/mol. The molecule has 8 heteroatoms. The SMILES string of the molecule is CCc1ccc2nc(N3CCN(C(=O)CS(=O)(=O)c4ccc(C)cc4)CC3)sc2c1. The summed E-state index contributed by atoms with van der Waals surface area (Å²) in [4.78, 5) is 21.4. The van der Waals surface area contributed by atoms with Gasteiger partial charge in [-0.3, -0.25) is 4.79 Å². The van der Waals surface area contributed by atoms with E-state index in [0.29, 0.717) is 26.2 Å². The molecule has 0 aliphatic carbocycles. The Morgan fingerprint density at radius 3 is 2.43 bits per heavy atom. The molecule has 1 aliphatic rings. The van der Waals surface area contributed by atoms with Gasteiger partial charge in [-0.1, -0.05) is 42.0 Å². The van der Waals surface area contributed by atoms with E-state index < -0.39 is 15.6 Å². The number of hydrogen-bond donors (Lipinski definition) is 0. The summed E-state index contributed by atoms with van der Waals surface area (Å²) in [7, 11) is -3.63. The number of anilines is 1. The third-order valence-electron chi connectivity index (χ3n) is 5.45. The molecule has 0 saturated carbocycles. The maximum Gasteiger partial charge on any atom is 0.238 e. The first kappa shape index (κ1) is 20.8. The number of thiazole rings is 1. The zero-order chi connectivity index (χ0) is 21.3. The number of piperazine rings is 1. The molecule has 4 rings (SSSR count). The Morgan fingerprint density at radius 1 is 1.07 bits per heavy atom. The van der Waals surface area contributed by atoms with Gasteiger partial charge in [-0.25, -0.2) is 13.4 Å². The van der Waals surface area contributed by atoms with Gasteiger partial charge >= 0.3 is 0 Å². The molecule has 0 bridgehead atoms. The number of rotatable bonds is 5. The Kier molecular flexibility index (Phi) is 5.79. The van der Waals surface area contributed by atoms with Crippen LogP contribution in [-0.4, -0.2) is 56.1 Å². The van der Waals surface area contributed by atoms with Crippen LogP contribution in [0.15, 0.2) is 47.4 Å². The lowest BCUT2D eigenvalue weighted by molar-refractivity contribution is -0.128. The van der Waals surface area contributed by atoms with Crippen molar-refractivity contribution in [1.82, 2.24) is 9.88 Å². The van der Waals surface area contributed by atoms with Gasteiger partial charge in [0.1, 0.15) is 5.75 Å². The number of fused-ring (bicyclic) bond motifs is 1. The second kappa shape index (κ2) is 8.35. The zero-order valence-corrected chi connectivity index (χ0v) is 18.8.